The van der Waals surface area contributed by atoms with E-state index in [4.69, 9.17) is 24.4 Å². The predicted octanol–water partition coefficient (Wildman–Crippen LogP) is 3.45. The molecule has 0 saturated carbocycles. The number of amides is 2. The molecule has 3 aliphatic heterocycles. The molecule has 3 aliphatic rings. The van der Waals surface area contributed by atoms with E-state index in [9.17, 15) is 4.79 Å². The van der Waals surface area contributed by atoms with Crippen molar-refractivity contribution in [3.05, 3.63) is 48.4 Å². The van der Waals surface area contributed by atoms with Crippen LogP contribution in [0.4, 0.5) is 27.9 Å². The number of anilines is 4. The molecule has 0 spiro atoms. The minimum atomic E-state index is -0.331. The zero-order valence-corrected chi connectivity index (χ0v) is 24.3. The Labute approximate surface area is 246 Å². The van der Waals surface area contributed by atoms with Gasteiger partial charge in [-0.05, 0) is 63.2 Å². The molecule has 2 aromatic heterocycles. The molecule has 6 rings (SSSR count). The average molecular weight is 574 g/mol. The Morgan fingerprint density at radius 3 is 2.31 bits per heavy atom. The van der Waals surface area contributed by atoms with Gasteiger partial charge in [0.1, 0.15) is 11.6 Å². The number of hydrogen-bond acceptors (Lipinski definition) is 10. The second-order valence-electron chi connectivity index (χ2n) is 11.2. The van der Waals surface area contributed by atoms with Gasteiger partial charge in [0.25, 0.3) is 0 Å². The highest BCUT2D eigenvalue weighted by molar-refractivity contribution is 5.99. The maximum atomic E-state index is 12.7. The highest BCUT2D eigenvalue weighted by Gasteiger charge is 2.26. The van der Waals surface area contributed by atoms with Crippen molar-refractivity contribution >= 4 is 29.2 Å². The van der Waals surface area contributed by atoms with Crippen molar-refractivity contribution in [3.8, 4) is 11.4 Å². The van der Waals surface area contributed by atoms with Crippen molar-refractivity contribution in [1.82, 2.24) is 24.8 Å². The molecule has 1 atom stereocenters. The second-order valence-corrected chi connectivity index (χ2v) is 11.2. The third kappa shape index (κ3) is 6.77. The molecule has 222 valence electrons. The highest BCUT2D eigenvalue weighted by atomic mass is 16.5. The molecule has 12 nitrogen and oxygen atoms in total. The van der Waals surface area contributed by atoms with Crippen LogP contribution in [-0.4, -0.2) is 103 Å². The standard InChI is InChI=1S/C30H39N9O3/c1-21-20-42-18-15-39(21)29-35-27(34-28(36-29)23-9-16-41-17-10-23)22-3-5-24(6-4-22)32-30(40)33-25-7-8-26(31-19-25)38-13-11-37(2)12-14-38/h3-8,19,21,23H,9-18,20H2,1-2H3,(H2,32,33,40). The van der Waals surface area contributed by atoms with Gasteiger partial charge in [0.05, 0.1) is 31.1 Å². The smallest absolute Gasteiger partial charge is 0.323 e. The summed E-state index contributed by atoms with van der Waals surface area (Å²) in [6, 6.07) is 11.3. The lowest BCUT2D eigenvalue weighted by Gasteiger charge is -2.34. The van der Waals surface area contributed by atoms with Crippen LogP contribution in [0.1, 0.15) is 31.5 Å². The van der Waals surface area contributed by atoms with E-state index in [1.54, 1.807) is 6.20 Å². The van der Waals surface area contributed by atoms with Crippen LogP contribution in [0.2, 0.25) is 0 Å². The van der Waals surface area contributed by atoms with Crippen LogP contribution in [0.25, 0.3) is 11.4 Å². The summed E-state index contributed by atoms with van der Waals surface area (Å²) in [6.45, 7) is 9.52. The number of carbonyl (C=O) groups excluding carboxylic acids is 1. The Morgan fingerprint density at radius 2 is 1.60 bits per heavy atom. The number of nitrogens with one attached hydrogen (secondary N) is 2. The minimum absolute atomic E-state index is 0.180. The Hall–Kier alpha value is -3.87. The van der Waals surface area contributed by atoms with E-state index in [2.05, 4.69) is 44.3 Å². The van der Waals surface area contributed by atoms with Crippen molar-refractivity contribution in [2.24, 2.45) is 0 Å². The van der Waals surface area contributed by atoms with Gasteiger partial charge < -0.3 is 34.8 Å². The zero-order valence-electron chi connectivity index (χ0n) is 24.3. The number of aromatic nitrogens is 4. The average Bonchev–Trinajstić information content (AvgIpc) is 3.03. The van der Waals surface area contributed by atoms with Crippen LogP contribution in [0.5, 0.6) is 0 Å². The van der Waals surface area contributed by atoms with Gasteiger partial charge >= 0.3 is 6.03 Å². The summed E-state index contributed by atoms with van der Waals surface area (Å²) >= 11 is 0. The first kappa shape index (κ1) is 28.3. The van der Waals surface area contributed by atoms with Gasteiger partial charge in [0.15, 0.2) is 5.82 Å². The van der Waals surface area contributed by atoms with E-state index in [1.807, 2.05) is 36.4 Å². The summed E-state index contributed by atoms with van der Waals surface area (Å²) in [7, 11) is 2.13. The highest BCUT2D eigenvalue weighted by Crippen LogP contribution is 2.29. The molecule has 42 heavy (non-hydrogen) atoms. The zero-order chi connectivity index (χ0) is 28.9. The number of pyridine rings is 1. The molecule has 1 unspecified atom stereocenters. The molecule has 3 saturated heterocycles. The van der Waals surface area contributed by atoms with Gasteiger partial charge in [-0.25, -0.2) is 14.8 Å². The Balaban J connectivity index is 1.13. The second kappa shape index (κ2) is 13.0. The number of piperazine rings is 1. The first-order valence-electron chi connectivity index (χ1n) is 14.8. The SMILES string of the molecule is CC1COCCN1c1nc(-c2ccc(NC(=O)Nc3ccc(N4CCN(C)CC4)nc3)cc2)nc(C2CCOCC2)n1. The fourth-order valence-corrected chi connectivity index (χ4v) is 5.48. The van der Waals surface area contributed by atoms with Crippen molar-refractivity contribution in [1.29, 1.82) is 0 Å². The maximum absolute atomic E-state index is 12.7. The van der Waals surface area contributed by atoms with Crippen LogP contribution in [0.15, 0.2) is 42.6 Å². The molecule has 3 aromatic rings. The van der Waals surface area contributed by atoms with Gasteiger partial charge in [0, 0.05) is 63.1 Å². The van der Waals surface area contributed by atoms with E-state index >= 15 is 0 Å². The third-order valence-corrected chi connectivity index (χ3v) is 8.09. The van der Waals surface area contributed by atoms with Gasteiger partial charge in [-0.3, -0.25) is 0 Å². The first-order valence-corrected chi connectivity index (χ1v) is 14.8. The monoisotopic (exact) mass is 573 g/mol. The van der Waals surface area contributed by atoms with Gasteiger partial charge in [-0.15, -0.1) is 0 Å². The lowest BCUT2D eigenvalue weighted by molar-refractivity contribution is 0.0834. The fraction of sp³-hybridized carbons (Fsp3) is 0.500. The van der Waals surface area contributed by atoms with Crippen LogP contribution in [0.3, 0.4) is 0 Å². The number of hydrogen-bond donors (Lipinski definition) is 2. The molecular weight excluding hydrogens is 534 g/mol. The molecule has 0 aliphatic carbocycles. The lowest BCUT2D eigenvalue weighted by Crippen LogP contribution is -2.44. The van der Waals surface area contributed by atoms with E-state index in [-0.39, 0.29) is 18.0 Å². The van der Waals surface area contributed by atoms with Crippen LogP contribution in [-0.2, 0) is 9.47 Å². The molecule has 12 heteroatoms. The lowest BCUT2D eigenvalue weighted by atomic mass is 9.99. The van der Waals surface area contributed by atoms with Gasteiger partial charge in [-0.1, -0.05) is 0 Å². The molecule has 5 heterocycles. The third-order valence-electron chi connectivity index (χ3n) is 8.09. The fourth-order valence-electron chi connectivity index (χ4n) is 5.48. The maximum Gasteiger partial charge on any atom is 0.323 e. The Morgan fingerprint density at radius 1 is 0.857 bits per heavy atom. The van der Waals surface area contributed by atoms with Crippen molar-refractivity contribution in [2.45, 2.75) is 31.7 Å². The molecule has 1 aromatic carbocycles. The molecule has 2 amide bonds. The van der Waals surface area contributed by atoms with Crippen LogP contribution in [0, 0.1) is 0 Å². The Kier molecular flexibility index (Phi) is 8.73. The topological polar surface area (TPSA) is 121 Å². The number of ether oxygens (including phenoxy) is 2. The minimum Gasteiger partial charge on any atom is -0.381 e. The van der Waals surface area contributed by atoms with Crippen molar-refractivity contribution < 1.29 is 14.3 Å². The largest absolute Gasteiger partial charge is 0.381 e. The van der Waals surface area contributed by atoms with E-state index in [1.165, 1.54) is 0 Å². The number of rotatable bonds is 6. The van der Waals surface area contributed by atoms with Crippen LogP contribution >= 0.6 is 0 Å². The summed E-state index contributed by atoms with van der Waals surface area (Å²) in [4.78, 5) is 38.7. The normalized spacial score (nSPS) is 20.4. The quantitative estimate of drug-likeness (QED) is 0.454. The number of morpholine rings is 1. The van der Waals surface area contributed by atoms with Gasteiger partial charge in [-0.2, -0.15) is 9.97 Å². The number of benzene rings is 1. The molecule has 3 fully saturated rings. The molecule has 2 N–H and O–H groups in total. The molecule has 0 radical (unpaired) electrons. The number of carbonyl (C=O) groups is 1. The van der Waals surface area contributed by atoms with Crippen LogP contribution < -0.4 is 20.4 Å². The summed E-state index contributed by atoms with van der Waals surface area (Å²) in [6.07, 6.45) is 3.49. The van der Waals surface area contributed by atoms with Crippen molar-refractivity contribution in [2.75, 3.05) is 86.6 Å². The first-order chi connectivity index (χ1) is 20.5. The summed E-state index contributed by atoms with van der Waals surface area (Å²) in [5, 5.41) is 5.77. The van der Waals surface area contributed by atoms with Gasteiger partial charge in [0.2, 0.25) is 5.95 Å². The predicted molar refractivity (Wildman–Crippen MR) is 162 cm³/mol. The summed E-state index contributed by atoms with van der Waals surface area (Å²) < 4.78 is 11.2. The number of nitrogens with zero attached hydrogens (tertiary/aromatic N) is 7. The van der Waals surface area contributed by atoms with E-state index in [0.29, 0.717) is 49.6 Å². The molecule has 0 bridgehead atoms. The summed E-state index contributed by atoms with van der Waals surface area (Å²) in [5.74, 6) is 3.29. The summed E-state index contributed by atoms with van der Waals surface area (Å²) in [5.41, 5.74) is 2.17. The van der Waals surface area contributed by atoms with E-state index in [0.717, 1.165) is 62.8 Å². The van der Waals surface area contributed by atoms with Crippen molar-refractivity contribution in [3.63, 3.8) is 0 Å². The Bertz CT molecular complexity index is 1340. The number of likely N-dealkylation sites (N-methyl/N-ethyl adjacent to an activating group) is 1. The molecular formula is C30H39N9O3. The number of urea groups is 1. The van der Waals surface area contributed by atoms with E-state index < -0.39 is 0 Å².